The van der Waals surface area contributed by atoms with Gasteiger partial charge in [-0.05, 0) is 41.9 Å². The van der Waals surface area contributed by atoms with E-state index in [1.165, 1.54) is 0 Å². The van der Waals surface area contributed by atoms with E-state index >= 15 is 0 Å². The van der Waals surface area contributed by atoms with Crippen molar-refractivity contribution in [2.24, 2.45) is 5.92 Å². The first-order valence-corrected chi connectivity index (χ1v) is 7.86. The van der Waals surface area contributed by atoms with Gasteiger partial charge < -0.3 is 10.1 Å². The molecule has 1 atom stereocenters. The average molecular weight is 377 g/mol. The van der Waals surface area contributed by atoms with Gasteiger partial charge in [0.15, 0.2) is 0 Å². The standard InChI is InChI=1S/C14H24IN3O/c1-6-16-14-12(15)11(7-9(2)3)17-13(18-14)10(4)8-19-5/h9-10H,6-8H2,1-5H3,(H,16,17,18). The Morgan fingerprint density at radius 3 is 2.47 bits per heavy atom. The Morgan fingerprint density at radius 1 is 1.26 bits per heavy atom. The van der Waals surface area contributed by atoms with Gasteiger partial charge in [-0.25, -0.2) is 9.97 Å². The van der Waals surface area contributed by atoms with Crippen LogP contribution in [0.1, 0.15) is 45.1 Å². The molecule has 1 N–H and O–H groups in total. The average Bonchev–Trinajstić information content (AvgIpc) is 2.34. The molecule has 0 aliphatic heterocycles. The second-order valence-electron chi connectivity index (χ2n) is 5.18. The lowest BCUT2D eigenvalue weighted by molar-refractivity contribution is 0.181. The van der Waals surface area contributed by atoms with Crippen LogP contribution in [0.25, 0.3) is 0 Å². The maximum absolute atomic E-state index is 5.21. The second kappa shape index (κ2) is 7.99. The zero-order valence-corrected chi connectivity index (χ0v) is 14.6. The molecular weight excluding hydrogens is 353 g/mol. The highest BCUT2D eigenvalue weighted by molar-refractivity contribution is 14.1. The molecule has 0 bridgehead atoms. The Labute approximate surface area is 129 Å². The molecule has 0 aromatic carbocycles. The number of halogens is 1. The molecule has 1 rings (SSSR count). The normalized spacial score (nSPS) is 12.8. The lowest BCUT2D eigenvalue weighted by Crippen LogP contribution is -2.14. The molecule has 1 unspecified atom stereocenters. The van der Waals surface area contributed by atoms with Crippen molar-refractivity contribution in [2.75, 3.05) is 25.6 Å². The van der Waals surface area contributed by atoms with E-state index in [9.17, 15) is 0 Å². The van der Waals surface area contributed by atoms with Gasteiger partial charge in [-0.3, -0.25) is 0 Å². The number of anilines is 1. The van der Waals surface area contributed by atoms with Crippen molar-refractivity contribution in [3.8, 4) is 0 Å². The highest BCUT2D eigenvalue weighted by Crippen LogP contribution is 2.24. The van der Waals surface area contributed by atoms with Crippen molar-refractivity contribution in [3.63, 3.8) is 0 Å². The molecule has 1 aromatic heterocycles. The monoisotopic (exact) mass is 377 g/mol. The molecule has 0 aliphatic carbocycles. The van der Waals surface area contributed by atoms with Crippen LogP contribution in [0.5, 0.6) is 0 Å². The van der Waals surface area contributed by atoms with Crippen LogP contribution in [0.4, 0.5) is 5.82 Å². The van der Waals surface area contributed by atoms with E-state index < -0.39 is 0 Å². The number of hydrogen-bond donors (Lipinski definition) is 1. The number of hydrogen-bond acceptors (Lipinski definition) is 4. The summed E-state index contributed by atoms with van der Waals surface area (Å²) in [5.41, 5.74) is 1.14. The number of ether oxygens (including phenoxy) is 1. The molecule has 0 aliphatic rings. The van der Waals surface area contributed by atoms with Gasteiger partial charge in [-0.15, -0.1) is 0 Å². The molecule has 0 saturated heterocycles. The highest BCUT2D eigenvalue weighted by Gasteiger charge is 2.16. The van der Waals surface area contributed by atoms with Gasteiger partial charge >= 0.3 is 0 Å². The topological polar surface area (TPSA) is 47.0 Å². The summed E-state index contributed by atoms with van der Waals surface area (Å²) in [6, 6.07) is 0. The number of nitrogens with one attached hydrogen (secondary N) is 1. The van der Waals surface area contributed by atoms with Gasteiger partial charge in [0.05, 0.1) is 15.9 Å². The zero-order chi connectivity index (χ0) is 14.4. The Hall–Kier alpha value is -0.430. The summed E-state index contributed by atoms with van der Waals surface area (Å²) in [6.45, 7) is 10.1. The molecule has 108 valence electrons. The first-order valence-electron chi connectivity index (χ1n) is 6.78. The highest BCUT2D eigenvalue weighted by atomic mass is 127. The fraction of sp³-hybridized carbons (Fsp3) is 0.714. The number of methoxy groups -OCH3 is 1. The first-order chi connectivity index (χ1) is 8.99. The van der Waals surface area contributed by atoms with Crippen molar-refractivity contribution in [3.05, 3.63) is 15.1 Å². The largest absolute Gasteiger partial charge is 0.384 e. The van der Waals surface area contributed by atoms with Crippen molar-refractivity contribution in [1.82, 2.24) is 9.97 Å². The molecule has 5 heteroatoms. The first kappa shape index (κ1) is 16.6. The van der Waals surface area contributed by atoms with Gasteiger partial charge in [-0.1, -0.05) is 20.8 Å². The van der Waals surface area contributed by atoms with Crippen LogP contribution in [0.2, 0.25) is 0 Å². The number of rotatable bonds is 7. The fourth-order valence-corrected chi connectivity index (χ4v) is 2.52. The van der Waals surface area contributed by atoms with Crippen LogP contribution in [0, 0.1) is 9.49 Å². The van der Waals surface area contributed by atoms with E-state index in [0.29, 0.717) is 12.5 Å². The van der Waals surface area contributed by atoms with Gasteiger partial charge in [0.2, 0.25) is 0 Å². The Kier molecular flexibility index (Phi) is 6.99. The van der Waals surface area contributed by atoms with E-state index in [1.54, 1.807) is 7.11 Å². The van der Waals surface area contributed by atoms with Crippen molar-refractivity contribution in [2.45, 2.75) is 40.0 Å². The van der Waals surface area contributed by atoms with Gasteiger partial charge in [-0.2, -0.15) is 0 Å². The summed E-state index contributed by atoms with van der Waals surface area (Å²) in [5, 5.41) is 3.33. The molecule has 1 heterocycles. The Morgan fingerprint density at radius 2 is 1.95 bits per heavy atom. The lowest BCUT2D eigenvalue weighted by Gasteiger charge is -2.16. The van der Waals surface area contributed by atoms with E-state index in [-0.39, 0.29) is 5.92 Å². The SMILES string of the molecule is CCNc1nc(C(C)COC)nc(CC(C)C)c1I. The van der Waals surface area contributed by atoms with Gasteiger partial charge in [0.25, 0.3) is 0 Å². The summed E-state index contributed by atoms with van der Waals surface area (Å²) in [7, 11) is 1.71. The third-order valence-corrected chi connectivity index (χ3v) is 3.87. The third kappa shape index (κ3) is 4.87. The van der Waals surface area contributed by atoms with Gasteiger partial charge in [0.1, 0.15) is 11.6 Å². The molecule has 1 aromatic rings. The van der Waals surface area contributed by atoms with E-state index in [0.717, 1.165) is 33.9 Å². The predicted molar refractivity (Wildman–Crippen MR) is 87.7 cm³/mol. The third-order valence-electron chi connectivity index (χ3n) is 2.74. The van der Waals surface area contributed by atoms with Crippen LogP contribution in [0.15, 0.2) is 0 Å². The zero-order valence-electron chi connectivity index (χ0n) is 12.5. The minimum Gasteiger partial charge on any atom is -0.384 e. The Balaban J connectivity index is 3.14. The molecular formula is C14H24IN3O. The van der Waals surface area contributed by atoms with Crippen molar-refractivity contribution >= 4 is 28.4 Å². The summed E-state index contributed by atoms with van der Waals surface area (Å²) >= 11 is 2.34. The van der Waals surface area contributed by atoms with Crippen LogP contribution >= 0.6 is 22.6 Å². The number of nitrogens with zero attached hydrogens (tertiary/aromatic N) is 2. The quantitative estimate of drug-likeness (QED) is 0.740. The van der Waals surface area contributed by atoms with Crippen LogP contribution in [0.3, 0.4) is 0 Å². The Bertz CT molecular complexity index is 410. The van der Waals surface area contributed by atoms with Gasteiger partial charge in [0, 0.05) is 19.6 Å². The van der Waals surface area contributed by atoms with E-state index in [4.69, 9.17) is 9.72 Å². The molecule has 0 fully saturated rings. The maximum Gasteiger partial charge on any atom is 0.143 e. The fourth-order valence-electron chi connectivity index (χ4n) is 1.86. The van der Waals surface area contributed by atoms with Crippen LogP contribution < -0.4 is 5.32 Å². The number of aromatic nitrogens is 2. The summed E-state index contributed by atoms with van der Waals surface area (Å²) < 4.78 is 6.35. The van der Waals surface area contributed by atoms with Crippen LogP contribution in [-0.2, 0) is 11.2 Å². The molecule has 4 nitrogen and oxygen atoms in total. The second-order valence-corrected chi connectivity index (χ2v) is 6.25. The van der Waals surface area contributed by atoms with Crippen LogP contribution in [-0.4, -0.2) is 30.2 Å². The smallest absolute Gasteiger partial charge is 0.143 e. The maximum atomic E-state index is 5.21. The summed E-state index contributed by atoms with van der Waals surface area (Å²) in [6.07, 6.45) is 0.978. The molecule has 0 amide bonds. The molecule has 0 saturated carbocycles. The van der Waals surface area contributed by atoms with E-state index in [2.05, 4.69) is 60.6 Å². The van der Waals surface area contributed by atoms with Crippen molar-refractivity contribution < 1.29 is 4.74 Å². The van der Waals surface area contributed by atoms with Crippen molar-refractivity contribution in [1.29, 1.82) is 0 Å². The molecule has 19 heavy (non-hydrogen) atoms. The van der Waals surface area contributed by atoms with E-state index in [1.807, 2.05) is 0 Å². The lowest BCUT2D eigenvalue weighted by atomic mass is 10.1. The minimum absolute atomic E-state index is 0.213. The summed E-state index contributed by atoms with van der Waals surface area (Å²) in [5.74, 6) is 2.62. The minimum atomic E-state index is 0.213. The predicted octanol–water partition coefficient (Wildman–Crippen LogP) is 3.46. The molecule has 0 radical (unpaired) electrons. The molecule has 0 spiro atoms. The summed E-state index contributed by atoms with van der Waals surface area (Å²) in [4.78, 5) is 9.37.